The number of H-pyrrole nitrogens is 1. The molecule has 10 nitrogen and oxygen atoms in total. The van der Waals surface area contributed by atoms with Crippen LogP contribution in [0.5, 0.6) is 0 Å². The maximum Gasteiger partial charge on any atom is 0.412 e. The highest BCUT2D eigenvalue weighted by atomic mass is 32.2. The van der Waals surface area contributed by atoms with E-state index in [-0.39, 0.29) is 40.9 Å². The molecule has 0 unspecified atom stereocenters. The first-order valence-corrected chi connectivity index (χ1v) is 7.88. The van der Waals surface area contributed by atoms with Gasteiger partial charge in [0.2, 0.25) is 0 Å². The molecule has 132 valence electrons. The fourth-order valence-corrected chi connectivity index (χ4v) is 2.63. The molecule has 11 heteroatoms. The minimum absolute atomic E-state index is 0.103. The van der Waals surface area contributed by atoms with E-state index in [9.17, 15) is 19.2 Å². The van der Waals surface area contributed by atoms with Gasteiger partial charge in [0, 0.05) is 0 Å². The molecule has 0 fully saturated rings. The summed E-state index contributed by atoms with van der Waals surface area (Å²) < 4.78 is 9.47. The quantitative estimate of drug-likeness (QED) is 0.386. The molecule has 0 saturated carbocycles. The van der Waals surface area contributed by atoms with Crippen molar-refractivity contribution in [3.05, 3.63) is 11.1 Å². The Morgan fingerprint density at radius 2 is 1.62 bits per heavy atom. The third-order valence-electron chi connectivity index (χ3n) is 2.60. The number of aromatic amines is 1. The SMILES string of the molecule is CCOC(=O)CSc1[nH]c(NC(=O)OCC)c(C(N)=O)c1C(N)=O. The predicted molar refractivity (Wildman–Crippen MR) is 85.8 cm³/mol. The minimum atomic E-state index is -0.977. The fraction of sp³-hybridized carbons (Fsp3) is 0.385. The molecule has 0 atom stereocenters. The van der Waals surface area contributed by atoms with Crippen molar-refractivity contribution in [2.75, 3.05) is 24.3 Å². The Labute approximate surface area is 141 Å². The summed E-state index contributed by atoms with van der Waals surface area (Å²) in [4.78, 5) is 48.9. The number of hydrogen-bond donors (Lipinski definition) is 4. The van der Waals surface area contributed by atoms with E-state index >= 15 is 0 Å². The Hall–Kier alpha value is -2.69. The molecule has 0 bridgehead atoms. The molecule has 1 rings (SSSR count). The zero-order valence-corrected chi connectivity index (χ0v) is 14.0. The Morgan fingerprint density at radius 3 is 2.12 bits per heavy atom. The highest BCUT2D eigenvalue weighted by Gasteiger charge is 2.27. The van der Waals surface area contributed by atoms with Crippen LogP contribution in [0.3, 0.4) is 0 Å². The molecule has 6 N–H and O–H groups in total. The summed E-state index contributed by atoms with van der Waals surface area (Å²) in [6.07, 6.45) is -0.848. The van der Waals surface area contributed by atoms with Crippen LogP contribution in [0.25, 0.3) is 0 Å². The Balaban J connectivity index is 3.18. The molecule has 0 radical (unpaired) electrons. The number of primary amides is 2. The van der Waals surface area contributed by atoms with Crippen molar-refractivity contribution < 1.29 is 28.7 Å². The number of ether oxygens (including phenoxy) is 2. The number of thioether (sulfide) groups is 1. The lowest BCUT2D eigenvalue weighted by molar-refractivity contribution is -0.139. The highest BCUT2D eigenvalue weighted by Crippen LogP contribution is 2.30. The molecule has 0 aliphatic heterocycles. The topological polar surface area (TPSA) is 167 Å². The Bertz CT molecular complexity index is 657. The first kappa shape index (κ1) is 19.4. The number of nitrogens with one attached hydrogen (secondary N) is 2. The van der Waals surface area contributed by atoms with Gasteiger partial charge < -0.3 is 25.9 Å². The van der Waals surface area contributed by atoms with Crippen molar-refractivity contribution in [1.82, 2.24) is 4.98 Å². The van der Waals surface area contributed by atoms with Crippen molar-refractivity contribution in [1.29, 1.82) is 0 Å². The van der Waals surface area contributed by atoms with E-state index in [1.807, 2.05) is 0 Å². The number of nitrogens with two attached hydrogens (primary N) is 2. The third kappa shape index (κ3) is 4.91. The number of amides is 3. The molecule has 0 saturated heterocycles. The molecule has 1 heterocycles. The van der Waals surface area contributed by atoms with Crippen LogP contribution in [0, 0.1) is 0 Å². The van der Waals surface area contributed by atoms with Gasteiger partial charge in [-0.3, -0.25) is 19.7 Å². The van der Waals surface area contributed by atoms with E-state index in [0.717, 1.165) is 11.8 Å². The first-order chi connectivity index (χ1) is 11.3. The van der Waals surface area contributed by atoms with Crippen LogP contribution in [-0.4, -0.2) is 47.8 Å². The number of anilines is 1. The summed E-state index contributed by atoms with van der Waals surface area (Å²) in [7, 11) is 0. The van der Waals surface area contributed by atoms with E-state index in [1.54, 1.807) is 13.8 Å². The zero-order chi connectivity index (χ0) is 18.3. The zero-order valence-electron chi connectivity index (χ0n) is 13.1. The second-order valence-corrected chi connectivity index (χ2v) is 5.23. The van der Waals surface area contributed by atoms with E-state index in [0.29, 0.717) is 0 Å². The smallest absolute Gasteiger partial charge is 0.412 e. The van der Waals surface area contributed by atoms with Crippen molar-refractivity contribution in [3.8, 4) is 0 Å². The van der Waals surface area contributed by atoms with Crippen LogP contribution in [0.4, 0.5) is 10.6 Å². The van der Waals surface area contributed by atoms with Crippen LogP contribution in [0.15, 0.2) is 5.03 Å². The van der Waals surface area contributed by atoms with Gasteiger partial charge in [0.25, 0.3) is 11.8 Å². The van der Waals surface area contributed by atoms with Gasteiger partial charge in [0.05, 0.1) is 35.1 Å². The minimum Gasteiger partial charge on any atom is -0.465 e. The number of carbonyl (C=O) groups is 4. The highest BCUT2D eigenvalue weighted by molar-refractivity contribution is 8.00. The lowest BCUT2D eigenvalue weighted by Gasteiger charge is -2.04. The molecule has 0 aromatic carbocycles. The van der Waals surface area contributed by atoms with E-state index < -0.39 is 23.9 Å². The van der Waals surface area contributed by atoms with Gasteiger partial charge in [-0.05, 0) is 13.8 Å². The lowest BCUT2D eigenvalue weighted by atomic mass is 10.1. The van der Waals surface area contributed by atoms with Crippen LogP contribution in [0.2, 0.25) is 0 Å². The van der Waals surface area contributed by atoms with Crippen LogP contribution in [-0.2, 0) is 14.3 Å². The molecule has 0 aliphatic rings. The monoisotopic (exact) mass is 358 g/mol. The fourth-order valence-electron chi connectivity index (χ4n) is 1.76. The van der Waals surface area contributed by atoms with Gasteiger partial charge in [-0.1, -0.05) is 11.8 Å². The lowest BCUT2D eigenvalue weighted by Crippen LogP contribution is -2.22. The van der Waals surface area contributed by atoms with Gasteiger partial charge in [0.1, 0.15) is 5.82 Å². The summed E-state index contributed by atoms with van der Waals surface area (Å²) in [6.45, 7) is 3.55. The number of carbonyl (C=O) groups excluding carboxylic acids is 4. The van der Waals surface area contributed by atoms with Crippen LogP contribution >= 0.6 is 11.8 Å². The number of aromatic nitrogens is 1. The second-order valence-electron chi connectivity index (χ2n) is 4.25. The molecular formula is C13H18N4O6S. The Morgan fingerprint density at radius 1 is 1.04 bits per heavy atom. The van der Waals surface area contributed by atoms with Crippen molar-refractivity contribution in [2.24, 2.45) is 11.5 Å². The molecule has 1 aromatic heterocycles. The van der Waals surface area contributed by atoms with Gasteiger partial charge in [0.15, 0.2) is 0 Å². The number of hydrogen-bond acceptors (Lipinski definition) is 7. The average molecular weight is 358 g/mol. The van der Waals surface area contributed by atoms with Crippen molar-refractivity contribution in [2.45, 2.75) is 18.9 Å². The summed E-state index contributed by atoms with van der Waals surface area (Å²) >= 11 is 0.885. The Kier molecular flexibility index (Phi) is 7.11. The van der Waals surface area contributed by atoms with Crippen LogP contribution < -0.4 is 16.8 Å². The van der Waals surface area contributed by atoms with E-state index in [1.165, 1.54) is 0 Å². The molecule has 3 amide bonds. The molecule has 24 heavy (non-hydrogen) atoms. The molecular weight excluding hydrogens is 340 g/mol. The molecule has 0 aliphatic carbocycles. The van der Waals surface area contributed by atoms with Crippen LogP contribution in [0.1, 0.15) is 34.6 Å². The normalized spacial score (nSPS) is 10.1. The van der Waals surface area contributed by atoms with Gasteiger partial charge in [-0.25, -0.2) is 4.79 Å². The summed E-state index contributed by atoms with van der Waals surface area (Å²) in [5.74, 6) is -2.71. The van der Waals surface area contributed by atoms with Crippen molar-refractivity contribution >= 4 is 41.5 Å². The molecule has 1 aromatic rings. The maximum atomic E-state index is 11.7. The van der Waals surface area contributed by atoms with Crippen molar-refractivity contribution in [3.63, 3.8) is 0 Å². The van der Waals surface area contributed by atoms with Gasteiger partial charge >= 0.3 is 12.1 Å². The predicted octanol–water partition coefficient (Wildman–Crippen LogP) is 0.436. The van der Waals surface area contributed by atoms with E-state index in [4.69, 9.17) is 20.9 Å². The number of rotatable bonds is 8. The first-order valence-electron chi connectivity index (χ1n) is 6.89. The summed E-state index contributed by atoms with van der Waals surface area (Å²) in [6, 6.07) is 0. The third-order valence-corrected chi connectivity index (χ3v) is 3.58. The standard InChI is InChI=1S/C13H18N4O6S/c1-3-22-6(18)5-24-12-8(10(15)20)7(9(14)19)11(16-12)17-13(21)23-4-2/h16H,3-5H2,1-2H3,(H2,14,19)(H2,15,20)(H,17,21). The van der Waals surface area contributed by atoms with Gasteiger partial charge in [-0.2, -0.15) is 0 Å². The molecule has 0 spiro atoms. The van der Waals surface area contributed by atoms with Gasteiger partial charge in [-0.15, -0.1) is 0 Å². The maximum absolute atomic E-state index is 11.7. The second kappa shape index (κ2) is 8.82. The largest absolute Gasteiger partial charge is 0.465 e. The number of esters is 1. The summed E-state index contributed by atoms with van der Waals surface area (Å²) in [5, 5.41) is 2.37. The average Bonchev–Trinajstić information content (AvgIpc) is 2.84. The van der Waals surface area contributed by atoms with E-state index in [2.05, 4.69) is 10.3 Å². The summed E-state index contributed by atoms with van der Waals surface area (Å²) in [5.41, 5.74) is 10.0.